The molecule has 4 rings (SSSR count). The van der Waals surface area contributed by atoms with Gasteiger partial charge in [0.1, 0.15) is 0 Å². The molecule has 4 heterocycles. The molecule has 3 aliphatic rings. The third kappa shape index (κ3) is 3.18. The van der Waals surface area contributed by atoms with E-state index in [2.05, 4.69) is 16.0 Å². The third-order valence-corrected chi connectivity index (χ3v) is 5.29. The molecule has 0 saturated carbocycles. The second-order valence-electron chi connectivity index (χ2n) is 7.09. The Balaban J connectivity index is 1.38. The molecule has 1 aromatic heterocycles. The summed E-state index contributed by atoms with van der Waals surface area (Å²) < 4.78 is 5.93. The van der Waals surface area contributed by atoms with Gasteiger partial charge in [0.2, 0.25) is 0 Å². The Morgan fingerprint density at radius 1 is 1.33 bits per heavy atom. The molecule has 130 valence electrons. The number of ether oxygens (including phenoxy) is 1. The van der Waals surface area contributed by atoms with Crippen molar-refractivity contribution in [3.63, 3.8) is 0 Å². The number of aromatic nitrogens is 1. The fraction of sp³-hybridized carbons (Fsp3) is 0.667. The van der Waals surface area contributed by atoms with Crippen LogP contribution in [0.1, 0.15) is 24.2 Å². The number of likely N-dealkylation sites (tertiary alicyclic amines) is 1. The van der Waals surface area contributed by atoms with Crippen LogP contribution in [0.4, 0.5) is 0 Å². The summed E-state index contributed by atoms with van der Waals surface area (Å²) in [6.45, 7) is 6.50. The summed E-state index contributed by atoms with van der Waals surface area (Å²) >= 11 is 0. The van der Waals surface area contributed by atoms with Gasteiger partial charge < -0.3 is 4.74 Å². The highest BCUT2D eigenvalue weighted by Gasteiger charge is 2.48. The van der Waals surface area contributed by atoms with Crippen LogP contribution < -0.4 is 0 Å². The van der Waals surface area contributed by atoms with E-state index in [0.717, 1.165) is 43.9 Å². The van der Waals surface area contributed by atoms with Crippen LogP contribution in [0.25, 0.3) is 0 Å². The maximum absolute atomic E-state index is 12.7. The SMILES string of the molecule is Cc1cccc(CN2C[C@@H]3[C@H](C2)OC[C@H]3C(=O)N2CCCCO2)n1. The summed E-state index contributed by atoms with van der Waals surface area (Å²) in [5.41, 5.74) is 2.12. The first-order chi connectivity index (χ1) is 11.7. The summed E-state index contributed by atoms with van der Waals surface area (Å²) in [7, 11) is 0. The summed E-state index contributed by atoms with van der Waals surface area (Å²) in [6.07, 6.45) is 2.22. The molecule has 3 fully saturated rings. The first kappa shape index (κ1) is 16.0. The fourth-order valence-corrected chi connectivity index (χ4v) is 4.05. The molecule has 3 atom stereocenters. The molecule has 3 aliphatic heterocycles. The summed E-state index contributed by atoms with van der Waals surface area (Å²) in [5.74, 6) is 0.314. The van der Waals surface area contributed by atoms with E-state index in [1.54, 1.807) is 5.06 Å². The van der Waals surface area contributed by atoms with Gasteiger partial charge in [-0.05, 0) is 31.9 Å². The lowest BCUT2D eigenvalue weighted by atomic mass is 9.92. The molecule has 0 aromatic carbocycles. The van der Waals surface area contributed by atoms with Crippen LogP contribution in [0.3, 0.4) is 0 Å². The average Bonchev–Trinajstić information content (AvgIpc) is 3.15. The Kier molecular flexibility index (Phi) is 4.52. The lowest BCUT2D eigenvalue weighted by molar-refractivity contribution is -0.202. The molecule has 1 aromatic rings. The molecule has 24 heavy (non-hydrogen) atoms. The van der Waals surface area contributed by atoms with E-state index < -0.39 is 0 Å². The average molecular weight is 331 g/mol. The molecule has 0 radical (unpaired) electrons. The Labute approximate surface area is 142 Å². The van der Waals surface area contributed by atoms with Crippen LogP contribution in [-0.2, 0) is 20.9 Å². The van der Waals surface area contributed by atoms with E-state index in [4.69, 9.17) is 9.57 Å². The zero-order chi connectivity index (χ0) is 16.5. The van der Waals surface area contributed by atoms with Gasteiger partial charge in [0, 0.05) is 37.8 Å². The van der Waals surface area contributed by atoms with Crippen LogP contribution in [0.5, 0.6) is 0 Å². The normalized spacial score (nSPS) is 30.5. The van der Waals surface area contributed by atoms with E-state index >= 15 is 0 Å². The predicted octanol–water partition coefficient (Wildman–Crippen LogP) is 1.39. The van der Waals surface area contributed by atoms with Gasteiger partial charge >= 0.3 is 0 Å². The smallest absolute Gasteiger partial charge is 0.251 e. The van der Waals surface area contributed by atoms with E-state index in [-0.39, 0.29) is 23.8 Å². The number of hydrogen-bond donors (Lipinski definition) is 0. The van der Waals surface area contributed by atoms with Crippen molar-refractivity contribution < 1.29 is 14.4 Å². The van der Waals surface area contributed by atoms with Crippen LogP contribution in [0, 0.1) is 18.8 Å². The van der Waals surface area contributed by atoms with Gasteiger partial charge in [0.25, 0.3) is 5.91 Å². The zero-order valence-corrected chi connectivity index (χ0v) is 14.2. The van der Waals surface area contributed by atoms with Gasteiger partial charge in [-0.3, -0.25) is 19.5 Å². The number of fused-ring (bicyclic) bond motifs is 1. The first-order valence-corrected chi connectivity index (χ1v) is 8.91. The number of nitrogens with zero attached hydrogens (tertiary/aromatic N) is 3. The Morgan fingerprint density at radius 3 is 3.04 bits per heavy atom. The number of rotatable bonds is 3. The maximum atomic E-state index is 12.7. The molecular weight excluding hydrogens is 306 g/mol. The van der Waals surface area contributed by atoms with Crippen molar-refractivity contribution in [1.29, 1.82) is 0 Å². The number of carbonyl (C=O) groups excluding carboxylic acids is 1. The van der Waals surface area contributed by atoms with Crippen molar-refractivity contribution in [3.8, 4) is 0 Å². The van der Waals surface area contributed by atoms with Crippen LogP contribution in [-0.4, -0.2) is 59.8 Å². The highest BCUT2D eigenvalue weighted by atomic mass is 16.7. The minimum Gasteiger partial charge on any atom is -0.376 e. The van der Waals surface area contributed by atoms with Crippen LogP contribution >= 0.6 is 0 Å². The molecule has 0 bridgehead atoms. The van der Waals surface area contributed by atoms with Gasteiger partial charge in [0.05, 0.1) is 30.9 Å². The summed E-state index contributed by atoms with van der Waals surface area (Å²) in [6, 6.07) is 6.12. The van der Waals surface area contributed by atoms with Crippen molar-refractivity contribution in [1.82, 2.24) is 14.9 Å². The first-order valence-electron chi connectivity index (χ1n) is 8.91. The Hall–Kier alpha value is -1.50. The molecule has 1 amide bonds. The van der Waals surface area contributed by atoms with Gasteiger partial charge in [-0.2, -0.15) is 0 Å². The molecule has 0 spiro atoms. The molecule has 6 nitrogen and oxygen atoms in total. The standard InChI is InChI=1S/C18H25N3O3/c1-13-5-4-6-14(19-13)9-20-10-15-16(12-23-17(15)11-20)18(22)21-7-2-3-8-24-21/h4-6,15-17H,2-3,7-12H2,1H3/t15-,16+,17-/m0/s1. The monoisotopic (exact) mass is 331 g/mol. The second-order valence-corrected chi connectivity index (χ2v) is 7.09. The van der Waals surface area contributed by atoms with Gasteiger partial charge in [0.15, 0.2) is 0 Å². The van der Waals surface area contributed by atoms with Crippen LogP contribution in [0.2, 0.25) is 0 Å². The Bertz CT molecular complexity index is 603. The quantitative estimate of drug-likeness (QED) is 0.838. The topological polar surface area (TPSA) is 54.9 Å². The largest absolute Gasteiger partial charge is 0.376 e. The van der Waals surface area contributed by atoms with E-state index in [0.29, 0.717) is 19.8 Å². The lowest BCUT2D eigenvalue weighted by Gasteiger charge is -2.29. The number of hydroxylamine groups is 2. The van der Waals surface area contributed by atoms with Crippen molar-refractivity contribution in [2.75, 3.05) is 32.8 Å². The maximum Gasteiger partial charge on any atom is 0.251 e. The molecule has 0 unspecified atom stereocenters. The predicted molar refractivity (Wildman–Crippen MR) is 87.9 cm³/mol. The number of carbonyl (C=O) groups is 1. The highest BCUT2D eigenvalue weighted by molar-refractivity contribution is 5.78. The number of aryl methyl sites for hydroxylation is 1. The van der Waals surface area contributed by atoms with Gasteiger partial charge in [-0.15, -0.1) is 0 Å². The minimum atomic E-state index is -0.0661. The van der Waals surface area contributed by atoms with Crippen LogP contribution in [0.15, 0.2) is 18.2 Å². The van der Waals surface area contributed by atoms with Crippen molar-refractivity contribution in [2.24, 2.45) is 11.8 Å². The molecular formula is C18H25N3O3. The summed E-state index contributed by atoms with van der Waals surface area (Å²) in [5, 5.41) is 1.57. The number of hydrogen-bond acceptors (Lipinski definition) is 5. The number of amides is 1. The molecule has 0 aliphatic carbocycles. The van der Waals surface area contributed by atoms with E-state index in [1.165, 1.54) is 0 Å². The molecule has 0 N–H and O–H groups in total. The number of pyridine rings is 1. The third-order valence-electron chi connectivity index (χ3n) is 5.29. The fourth-order valence-electron chi connectivity index (χ4n) is 4.05. The minimum absolute atomic E-state index is 0.0661. The molecule has 6 heteroatoms. The van der Waals surface area contributed by atoms with Crippen molar-refractivity contribution in [3.05, 3.63) is 29.6 Å². The Morgan fingerprint density at radius 2 is 2.25 bits per heavy atom. The molecule has 3 saturated heterocycles. The van der Waals surface area contributed by atoms with Crippen molar-refractivity contribution in [2.45, 2.75) is 32.4 Å². The van der Waals surface area contributed by atoms with Crippen molar-refractivity contribution >= 4 is 5.91 Å². The van der Waals surface area contributed by atoms with E-state index in [1.807, 2.05) is 19.1 Å². The lowest BCUT2D eigenvalue weighted by Crippen LogP contribution is -2.42. The highest BCUT2D eigenvalue weighted by Crippen LogP contribution is 2.35. The summed E-state index contributed by atoms with van der Waals surface area (Å²) in [4.78, 5) is 25.2. The zero-order valence-electron chi connectivity index (χ0n) is 14.2. The van der Waals surface area contributed by atoms with Gasteiger partial charge in [-0.1, -0.05) is 6.07 Å². The van der Waals surface area contributed by atoms with E-state index in [9.17, 15) is 4.79 Å². The second kappa shape index (κ2) is 6.78. The van der Waals surface area contributed by atoms with Gasteiger partial charge in [-0.25, -0.2) is 5.06 Å².